The molecule has 8 nitrogen and oxygen atoms in total. The van der Waals surface area contributed by atoms with Gasteiger partial charge in [-0.15, -0.1) is 0 Å². The van der Waals surface area contributed by atoms with Crippen molar-refractivity contribution in [3.05, 3.63) is 170 Å². The minimum Gasteiger partial charge on any atom is -0.422 e. The number of rotatable bonds is 14. The summed E-state index contributed by atoms with van der Waals surface area (Å²) in [5, 5.41) is 1.73. The predicted octanol–water partition coefficient (Wildman–Crippen LogP) is 11.2. The Hall–Kier alpha value is -6.93. The molecule has 0 unspecified atom stereocenters. The van der Waals surface area contributed by atoms with Crippen LogP contribution in [0.2, 0.25) is 0 Å². The van der Waals surface area contributed by atoms with Gasteiger partial charge in [0.1, 0.15) is 17.5 Å². The zero-order valence-corrected chi connectivity index (χ0v) is 32.6. The van der Waals surface area contributed by atoms with Crippen LogP contribution in [0.1, 0.15) is 60.3 Å². The Kier molecular flexibility index (Phi) is 11.6. The summed E-state index contributed by atoms with van der Waals surface area (Å²) in [5.74, 6) is 0. The van der Waals surface area contributed by atoms with Crippen molar-refractivity contribution in [3.63, 3.8) is 0 Å². The van der Waals surface area contributed by atoms with Crippen LogP contribution >= 0.6 is 0 Å². The largest absolute Gasteiger partial charge is 0.422 e. The van der Waals surface area contributed by atoms with Gasteiger partial charge in [-0.05, 0) is 136 Å². The predicted molar refractivity (Wildman–Crippen MR) is 236 cm³/mol. The second-order valence-electron chi connectivity index (χ2n) is 13.7. The lowest BCUT2D eigenvalue weighted by Crippen LogP contribution is -2.21. The molecule has 0 amide bonds. The van der Waals surface area contributed by atoms with Crippen molar-refractivity contribution in [2.24, 2.45) is 0 Å². The Bertz CT molecular complexity index is 2520. The van der Waals surface area contributed by atoms with Crippen molar-refractivity contribution in [2.75, 3.05) is 40.9 Å². The Morgan fingerprint density at radius 1 is 0.439 bits per heavy atom. The van der Waals surface area contributed by atoms with Gasteiger partial charge in [0.2, 0.25) is 0 Å². The Morgan fingerprint density at radius 3 is 1.14 bits per heavy atom. The summed E-state index contributed by atoms with van der Waals surface area (Å²) in [6.07, 6.45) is 8.19. The Morgan fingerprint density at radius 2 is 0.789 bits per heavy atom. The van der Waals surface area contributed by atoms with Gasteiger partial charge in [-0.3, -0.25) is 4.79 Å². The number of anilines is 5. The molecule has 2 heterocycles. The molecule has 286 valence electrons. The van der Waals surface area contributed by atoms with E-state index in [9.17, 15) is 14.4 Å². The van der Waals surface area contributed by atoms with Gasteiger partial charge in [0.25, 0.3) is 0 Å². The van der Waals surface area contributed by atoms with Crippen LogP contribution in [0.3, 0.4) is 0 Å². The maximum absolute atomic E-state index is 12.9. The van der Waals surface area contributed by atoms with E-state index in [0.717, 1.165) is 82.8 Å². The van der Waals surface area contributed by atoms with Crippen molar-refractivity contribution in [3.8, 4) is 0 Å². The lowest BCUT2D eigenvalue weighted by atomic mass is 10.1. The van der Waals surface area contributed by atoms with E-state index in [1.165, 1.54) is 0 Å². The highest BCUT2D eigenvalue weighted by Crippen LogP contribution is 2.35. The molecular weight excluding hydrogens is 711 g/mol. The van der Waals surface area contributed by atoms with Crippen LogP contribution < -0.4 is 26.0 Å². The minimum atomic E-state index is -0.388. The minimum absolute atomic E-state index is 0.388. The molecule has 0 radical (unpaired) electrons. The fourth-order valence-corrected chi connectivity index (χ4v) is 7.03. The second-order valence-corrected chi connectivity index (χ2v) is 13.7. The van der Waals surface area contributed by atoms with Gasteiger partial charge >= 0.3 is 11.3 Å². The SMILES string of the molecule is CCN(CC)c1ccc2cc(C=Cc3ccc(N(c4ccc(C=O)cc4)c4ccc(C=Cc5cc6ccc(N(CC)CC)cc6oc5=O)cc4)cc3)c(=O)oc2c1. The third kappa shape index (κ3) is 8.50. The molecule has 0 aliphatic rings. The lowest BCUT2D eigenvalue weighted by Gasteiger charge is -2.25. The number of carbonyl (C=O) groups is 1. The summed E-state index contributed by atoms with van der Waals surface area (Å²) in [4.78, 5) is 43.8. The first kappa shape index (κ1) is 38.3. The van der Waals surface area contributed by atoms with Crippen molar-refractivity contribution in [2.45, 2.75) is 27.7 Å². The number of hydrogen-bond acceptors (Lipinski definition) is 8. The first-order valence-electron chi connectivity index (χ1n) is 19.4. The van der Waals surface area contributed by atoms with Gasteiger partial charge < -0.3 is 23.5 Å². The fourth-order valence-electron chi connectivity index (χ4n) is 7.03. The Labute approximate surface area is 332 Å². The molecule has 5 aromatic carbocycles. The standard InChI is InChI=1S/C49H45N3O5/c1-5-50(6-2)44-27-19-37-29-39(48(54)56-46(37)31-44)17-9-34-11-21-41(22-12-34)52(43-25-15-36(33-53)16-26-43)42-23-13-35(14-24-42)10-18-40-30-38-20-28-45(51(7-3)8-4)32-47(38)57-49(40)55/h9-33H,5-8H2,1-4H3. The van der Waals surface area contributed by atoms with Gasteiger partial charge in [-0.2, -0.15) is 0 Å². The molecule has 0 aliphatic carbocycles. The molecule has 57 heavy (non-hydrogen) atoms. The van der Waals surface area contributed by atoms with Crippen LogP contribution in [0.4, 0.5) is 28.4 Å². The molecule has 7 aromatic rings. The molecule has 0 saturated carbocycles. The quantitative estimate of drug-likeness (QED) is 0.0801. The highest BCUT2D eigenvalue weighted by Gasteiger charge is 2.14. The first-order chi connectivity index (χ1) is 27.8. The van der Waals surface area contributed by atoms with Crippen molar-refractivity contribution in [1.82, 2.24) is 0 Å². The van der Waals surface area contributed by atoms with Crippen molar-refractivity contribution >= 4 is 81.0 Å². The Balaban J connectivity index is 1.12. The van der Waals surface area contributed by atoms with E-state index in [4.69, 9.17) is 8.83 Å². The molecule has 7 rings (SSSR count). The summed E-state index contributed by atoms with van der Waals surface area (Å²) in [6.45, 7) is 11.9. The maximum Gasteiger partial charge on any atom is 0.343 e. The van der Waals surface area contributed by atoms with Crippen LogP contribution in [-0.4, -0.2) is 32.5 Å². The highest BCUT2D eigenvalue weighted by molar-refractivity contribution is 5.86. The van der Waals surface area contributed by atoms with E-state index in [-0.39, 0.29) is 11.3 Å². The number of benzene rings is 5. The molecule has 0 aliphatic heterocycles. The summed E-state index contributed by atoms with van der Waals surface area (Å²) in [6, 6.07) is 39.1. The summed E-state index contributed by atoms with van der Waals surface area (Å²) in [5.41, 5.74) is 8.45. The topological polar surface area (TPSA) is 87.2 Å². The smallest absolute Gasteiger partial charge is 0.343 e. The van der Waals surface area contributed by atoms with E-state index < -0.39 is 0 Å². The maximum atomic E-state index is 12.9. The molecular formula is C49H45N3O5. The molecule has 0 bridgehead atoms. The zero-order chi connectivity index (χ0) is 39.9. The average Bonchev–Trinajstić information content (AvgIpc) is 3.24. The first-order valence-corrected chi connectivity index (χ1v) is 19.4. The molecule has 0 atom stereocenters. The van der Waals surface area contributed by atoms with Gasteiger partial charge in [0.05, 0.1) is 11.1 Å². The van der Waals surface area contributed by atoms with Gasteiger partial charge in [-0.1, -0.05) is 36.4 Å². The average molecular weight is 756 g/mol. The van der Waals surface area contributed by atoms with E-state index >= 15 is 0 Å². The zero-order valence-electron chi connectivity index (χ0n) is 32.6. The van der Waals surface area contributed by atoms with Crippen LogP contribution in [0.5, 0.6) is 0 Å². The van der Waals surface area contributed by atoms with E-state index in [1.807, 2.05) is 109 Å². The monoisotopic (exact) mass is 755 g/mol. The number of hydrogen-bond donors (Lipinski definition) is 0. The van der Waals surface area contributed by atoms with Gasteiger partial charge in [0.15, 0.2) is 0 Å². The summed E-state index contributed by atoms with van der Waals surface area (Å²) < 4.78 is 11.4. The fraction of sp³-hybridized carbons (Fsp3) is 0.163. The number of carbonyl (C=O) groups excluding carboxylic acids is 1. The van der Waals surface area contributed by atoms with E-state index in [0.29, 0.717) is 27.9 Å². The molecule has 0 N–H and O–H groups in total. The molecule has 2 aromatic heterocycles. The number of fused-ring (bicyclic) bond motifs is 2. The third-order valence-corrected chi connectivity index (χ3v) is 10.3. The molecule has 0 spiro atoms. The van der Waals surface area contributed by atoms with Crippen molar-refractivity contribution in [1.29, 1.82) is 0 Å². The van der Waals surface area contributed by atoms with Gasteiger partial charge in [-0.25, -0.2) is 9.59 Å². The van der Waals surface area contributed by atoms with Crippen LogP contribution in [0.15, 0.2) is 140 Å². The second kappa shape index (κ2) is 17.3. The molecule has 8 heteroatoms. The number of aldehydes is 1. The molecule has 0 saturated heterocycles. The van der Waals surface area contributed by atoms with E-state index in [1.54, 1.807) is 24.3 Å². The van der Waals surface area contributed by atoms with Crippen LogP contribution in [0, 0.1) is 0 Å². The van der Waals surface area contributed by atoms with Crippen molar-refractivity contribution < 1.29 is 13.6 Å². The third-order valence-electron chi connectivity index (χ3n) is 10.3. The lowest BCUT2D eigenvalue weighted by molar-refractivity contribution is 0.112. The van der Waals surface area contributed by atoms with Crippen LogP contribution in [-0.2, 0) is 0 Å². The van der Waals surface area contributed by atoms with E-state index in [2.05, 4.69) is 54.5 Å². The molecule has 0 fully saturated rings. The number of nitrogens with zero attached hydrogens (tertiary/aromatic N) is 3. The highest BCUT2D eigenvalue weighted by atomic mass is 16.4. The summed E-state index contributed by atoms with van der Waals surface area (Å²) in [7, 11) is 0. The van der Waals surface area contributed by atoms with Gasteiger partial charge in [0, 0.05) is 83.1 Å². The normalized spacial score (nSPS) is 11.5. The summed E-state index contributed by atoms with van der Waals surface area (Å²) >= 11 is 0. The van der Waals surface area contributed by atoms with Crippen LogP contribution in [0.25, 0.3) is 46.2 Å².